The van der Waals surface area contributed by atoms with Gasteiger partial charge in [-0.2, -0.15) is 0 Å². The highest BCUT2D eigenvalue weighted by Crippen LogP contribution is 2.25. The second-order valence-electron chi connectivity index (χ2n) is 5.22. The molecule has 0 unspecified atom stereocenters. The van der Waals surface area contributed by atoms with Crippen molar-refractivity contribution in [2.24, 2.45) is 0 Å². The van der Waals surface area contributed by atoms with Gasteiger partial charge in [-0.1, -0.05) is 42.5 Å². The summed E-state index contributed by atoms with van der Waals surface area (Å²) in [5, 5.41) is 13.7. The van der Waals surface area contributed by atoms with Crippen LogP contribution in [-0.2, 0) is 6.42 Å². The molecular weight excluding hydrogens is 292 g/mol. The van der Waals surface area contributed by atoms with Gasteiger partial charge in [0.15, 0.2) is 5.11 Å². The molecule has 2 rings (SSSR count). The minimum absolute atomic E-state index is 0.234. The number of phenolic OH excluding ortho intramolecular Hbond substituents is 1. The molecular formula is C18H22N2OS. The van der Waals surface area contributed by atoms with Gasteiger partial charge < -0.3 is 15.3 Å². The summed E-state index contributed by atoms with van der Waals surface area (Å²) in [6.45, 7) is 0.837. The number of phenols is 1. The molecule has 0 saturated carbocycles. The molecule has 0 bridgehead atoms. The second-order valence-corrected chi connectivity index (χ2v) is 5.61. The predicted octanol–water partition coefficient (Wildman–Crippen LogP) is 3.73. The van der Waals surface area contributed by atoms with Crippen molar-refractivity contribution >= 4 is 23.0 Å². The van der Waals surface area contributed by atoms with Crippen molar-refractivity contribution in [3.63, 3.8) is 0 Å². The molecule has 0 radical (unpaired) electrons. The summed E-state index contributed by atoms with van der Waals surface area (Å²) in [7, 11) is 1.86. The first-order valence-electron chi connectivity index (χ1n) is 7.52. The van der Waals surface area contributed by atoms with Gasteiger partial charge in [-0.05, 0) is 49.2 Å². The van der Waals surface area contributed by atoms with Gasteiger partial charge in [0.05, 0.1) is 5.69 Å². The zero-order valence-electron chi connectivity index (χ0n) is 12.8. The fourth-order valence-corrected chi connectivity index (χ4v) is 2.47. The molecule has 2 aromatic rings. The summed E-state index contributed by atoms with van der Waals surface area (Å²) in [6.07, 6.45) is 3.27. The highest BCUT2D eigenvalue weighted by molar-refractivity contribution is 7.80. The molecule has 22 heavy (non-hydrogen) atoms. The van der Waals surface area contributed by atoms with Gasteiger partial charge in [-0.3, -0.25) is 0 Å². The van der Waals surface area contributed by atoms with E-state index >= 15 is 0 Å². The van der Waals surface area contributed by atoms with Gasteiger partial charge in [0.1, 0.15) is 5.75 Å². The van der Waals surface area contributed by atoms with Gasteiger partial charge >= 0.3 is 0 Å². The van der Waals surface area contributed by atoms with Crippen molar-refractivity contribution in [3.05, 3.63) is 60.2 Å². The fraction of sp³-hybridized carbons (Fsp3) is 0.278. The molecule has 0 aliphatic heterocycles. The van der Waals surface area contributed by atoms with E-state index in [0.29, 0.717) is 10.8 Å². The topological polar surface area (TPSA) is 35.5 Å². The van der Waals surface area contributed by atoms with Crippen molar-refractivity contribution in [1.29, 1.82) is 0 Å². The Morgan fingerprint density at radius 2 is 1.73 bits per heavy atom. The third kappa shape index (κ3) is 4.74. The lowest BCUT2D eigenvalue weighted by Gasteiger charge is -2.21. The van der Waals surface area contributed by atoms with E-state index in [1.165, 1.54) is 5.56 Å². The maximum Gasteiger partial charge on any atom is 0.173 e. The molecule has 116 valence electrons. The van der Waals surface area contributed by atoms with Crippen LogP contribution in [0.4, 0.5) is 5.69 Å². The lowest BCUT2D eigenvalue weighted by Crippen LogP contribution is -2.37. The average Bonchev–Trinajstić information content (AvgIpc) is 2.55. The van der Waals surface area contributed by atoms with Crippen LogP contribution >= 0.6 is 12.2 Å². The Balaban J connectivity index is 1.70. The van der Waals surface area contributed by atoms with E-state index in [2.05, 4.69) is 29.6 Å². The number of rotatable bonds is 6. The molecule has 2 aromatic carbocycles. The summed E-state index contributed by atoms with van der Waals surface area (Å²) in [5.41, 5.74) is 2.08. The molecule has 2 N–H and O–H groups in total. The number of hydrogen-bond donors (Lipinski definition) is 2. The van der Waals surface area contributed by atoms with Crippen LogP contribution in [0.5, 0.6) is 5.75 Å². The van der Waals surface area contributed by atoms with Gasteiger partial charge in [0.25, 0.3) is 0 Å². The Morgan fingerprint density at radius 3 is 2.45 bits per heavy atom. The molecule has 0 heterocycles. The minimum Gasteiger partial charge on any atom is -0.506 e. The molecule has 0 fully saturated rings. The van der Waals surface area contributed by atoms with Crippen LogP contribution in [-0.4, -0.2) is 23.8 Å². The first-order valence-corrected chi connectivity index (χ1v) is 7.93. The number of aryl methyl sites for hydroxylation is 1. The van der Waals surface area contributed by atoms with Crippen LogP contribution < -0.4 is 10.2 Å². The highest BCUT2D eigenvalue weighted by Gasteiger charge is 2.09. The fourth-order valence-electron chi connectivity index (χ4n) is 2.27. The summed E-state index contributed by atoms with van der Waals surface area (Å²) in [6, 6.07) is 17.7. The van der Waals surface area contributed by atoms with Crippen LogP contribution in [0.1, 0.15) is 18.4 Å². The monoisotopic (exact) mass is 314 g/mol. The third-order valence-electron chi connectivity index (χ3n) is 3.56. The van der Waals surface area contributed by atoms with E-state index in [1.54, 1.807) is 17.0 Å². The van der Waals surface area contributed by atoms with E-state index in [0.717, 1.165) is 25.8 Å². The van der Waals surface area contributed by atoms with Gasteiger partial charge in [0, 0.05) is 13.6 Å². The number of hydrogen-bond acceptors (Lipinski definition) is 2. The predicted molar refractivity (Wildman–Crippen MR) is 96.5 cm³/mol. The van der Waals surface area contributed by atoms with E-state index in [1.807, 2.05) is 25.2 Å². The number of anilines is 1. The molecule has 4 heteroatoms. The normalized spacial score (nSPS) is 10.2. The zero-order valence-corrected chi connectivity index (χ0v) is 13.6. The molecule has 0 aliphatic rings. The number of thiocarbonyl (C=S) groups is 1. The first-order chi connectivity index (χ1) is 10.7. The number of para-hydroxylation sites is 2. The highest BCUT2D eigenvalue weighted by atomic mass is 32.1. The van der Waals surface area contributed by atoms with Crippen molar-refractivity contribution in [2.45, 2.75) is 19.3 Å². The van der Waals surface area contributed by atoms with Crippen LogP contribution in [0.15, 0.2) is 54.6 Å². The molecule has 0 aromatic heterocycles. The van der Waals surface area contributed by atoms with Gasteiger partial charge in [-0.15, -0.1) is 0 Å². The van der Waals surface area contributed by atoms with Crippen molar-refractivity contribution in [3.8, 4) is 5.75 Å². The van der Waals surface area contributed by atoms with Crippen molar-refractivity contribution < 1.29 is 5.11 Å². The van der Waals surface area contributed by atoms with Crippen molar-refractivity contribution in [2.75, 3.05) is 18.5 Å². The maximum absolute atomic E-state index is 9.84. The second kappa shape index (κ2) is 8.39. The SMILES string of the molecule is CN(C(=S)NCCCCc1ccccc1)c1ccccc1O. The summed E-state index contributed by atoms with van der Waals surface area (Å²) in [5.74, 6) is 0.234. The smallest absolute Gasteiger partial charge is 0.173 e. The number of aromatic hydroxyl groups is 1. The molecule has 0 aliphatic carbocycles. The number of nitrogens with one attached hydrogen (secondary N) is 1. The maximum atomic E-state index is 9.84. The van der Waals surface area contributed by atoms with Crippen LogP contribution in [0.3, 0.4) is 0 Å². The lowest BCUT2D eigenvalue weighted by atomic mass is 10.1. The van der Waals surface area contributed by atoms with E-state index < -0.39 is 0 Å². The molecule has 0 spiro atoms. The lowest BCUT2D eigenvalue weighted by molar-refractivity contribution is 0.476. The van der Waals surface area contributed by atoms with E-state index in [4.69, 9.17) is 12.2 Å². The molecule has 0 atom stereocenters. The summed E-state index contributed by atoms with van der Waals surface area (Å²) < 4.78 is 0. The van der Waals surface area contributed by atoms with E-state index in [-0.39, 0.29) is 5.75 Å². The van der Waals surface area contributed by atoms with Gasteiger partial charge in [-0.25, -0.2) is 0 Å². The summed E-state index contributed by atoms with van der Waals surface area (Å²) >= 11 is 5.37. The van der Waals surface area contributed by atoms with Crippen LogP contribution in [0.2, 0.25) is 0 Å². The standard InChI is InChI=1S/C18H22N2OS/c1-20(16-12-5-6-13-17(16)21)18(22)19-14-8-7-11-15-9-3-2-4-10-15/h2-6,9-10,12-13,21H,7-8,11,14H2,1H3,(H,19,22). The van der Waals surface area contributed by atoms with E-state index in [9.17, 15) is 5.11 Å². The van der Waals surface area contributed by atoms with Crippen LogP contribution in [0.25, 0.3) is 0 Å². The Hall–Kier alpha value is -2.07. The first kappa shape index (κ1) is 16.3. The number of nitrogens with zero attached hydrogens (tertiary/aromatic N) is 1. The van der Waals surface area contributed by atoms with Crippen molar-refractivity contribution in [1.82, 2.24) is 5.32 Å². The number of unbranched alkanes of at least 4 members (excludes halogenated alkanes) is 1. The zero-order chi connectivity index (χ0) is 15.8. The van der Waals surface area contributed by atoms with Gasteiger partial charge in [0.2, 0.25) is 0 Å². The Labute approximate surface area is 137 Å². The Morgan fingerprint density at radius 1 is 1.05 bits per heavy atom. The number of benzene rings is 2. The molecule has 3 nitrogen and oxygen atoms in total. The van der Waals surface area contributed by atoms with Crippen LogP contribution in [0, 0.1) is 0 Å². The average molecular weight is 314 g/mol. The summed E-state index contributed by atoms with van der Waals surface area (Å²) in [4.78, 5) is 1.79. The largest absolute Gasteiger partial charge is 0.506 e. The minimum atomic E-state index is 0.234. The Kier molecular flexibility index (Phi) is 6.22. The third-order valence-corrected chi connectivity index (χ3v) is 3.98. The quantitative estimate of drug-likeness (QED) is 0.629. The Bertz CT molecular complexity index is 601. The molecule has 0 amide bonds. The molecule has 0 saturated heterocycles.